The van der Waals surface area contributed by atoms with E-state index in [1.807, 2.05) is 24.3 Å². The average molecular weight is 283 g/mol. The fraction of sp³-hybridized carbons (Fsp3) is 0.500. The van der Waals surface area contributed by atoms with Crippen LogP contribution in [0.2, 0.25) is 0 Å². The SMILES string of the molecule is COCCOCCCOCc1cccc(C(N)=S)c1. The molecule has 0 aromatic heterocycles. The Labute approximate surface area is 119 Å². The van der Waals surface area contributed by atoms with Crippen molar-refractivity contribution >= 4 is 17.2 Å². The Bertz CT molecular complexity index is 385. The second-order valence-electron chi connectivity index (χ2n) is 4.08. The molecule has 5 heteroatoms. The summed E-state index contributed by atoms with van der Waals surface area (Å²) in [6.45, 7) is 3.19. The highest BCUT2D eigenvalue weighted by Gasteiger charge is 1.98. The minimum atomic E-state index is 0.411. The lowest BCUT2D eigenvalue weighted by molar-refractivity contribution is 0.0483. The molecule has 0 radical (unpaired) electrons. The number of thiocarbonyl (C=S) groups is 1. The van der Waals surface area contributed by atoms with Crippen molar-refractivity contribution in [3.63, 3.8) is 0 Å². The molecule has 2 N–H and O–H groups in total. The minimum Gasteiger partial charge on any atom is -0.389 e. The summed E-state index contributed by atoms with van der Waals surface area (Å²) in [5.74, 6) is 0. The van der Waals surface area contributed by atoms with Gasteiger partial charge < -0.3 is 19.9 Å². The molecule has 1 rings (SSSR count). The summed E-state index contributed by atoms with van der Waals surface area (Å²) >= 11 is 4.94. The van der Waals surface area contributed by atoms with E-state index >= 15 is 0 Å². The zero-order chi connectivity index (χ0) is 13.9. The Hall–Kier alpha value is -1.01. The van der Waals surface area contributed by atoms with E-state index in [0.717, 1.165) is 17.5 Å². The molecule has 0 aliphatic carbocycles. The zero-order valence-corrected chi connectivity index (χ0v) is 12.1. The van der Waals surface area contributed by atoms with Gasteiger partial charge in [-0.2, -0.15) is 0 Å². The number of benzene rings is 1. The normalized spacial score (nSPS) is 10.6. The average Bonchev–Trinajstić information content (AvgIpc) is 2.42. The van der Waals surface area contributed by atoms with Crippen molar-refractivity contribution < 1.29 is 14.2 Å². The predicted octanol–water partition coefficient (Wildman–Crippen LogP) is 1.89. The van der Waals surface area contributed by atoms with Crippen molar-refractivity contribution in [1.82, 2.24) is 0 Å². The van der Waals surface area contributed by atoms with Gasteiger partial charge in [0.15, 0.2) is 0 Å². The molecule has 0 aliphatic heterocycles. The molecule has 19 heavy (non-hydrogen) atoms. The molecule has 0 saturated heterocycles. The topological polar surface area (TPSA) is 53.7 Å². The van der Waals surface area contributed by atoms with Crippen LogP contribution in [-0.4, -0.2) is 38.5 Å². The first-order chi connectivity index (χ1) is 9.24. The molecule has 0 fully saturated rings. The number of hydrogen-bond acceptors (Lipinski definition) is 4. The lowest BCUT2D eigenvalue weighted by Crippen LogP contribution is -2.09. The maximum absolute atomic E-state index is 5.58. The van der Waals surface area contributed by atoms with Crippen LogP contribution in [0.25, 0.3) is 0 Å². The molecule has 0 spiro atoms. The first-order valence-electron chi connectivity index (χ1n) is 6.27. The molecular weight excluding hydrogens is 262 g/mol. The van der Waals surface area contributed by atoms with E-state index in [9.17, 15) is 0 Å². The van der Waals surface area contributed by atoms with E-state index in [1.165, 1.54) is 0 Å². The van der Waals surface area contributed by atoms with Gasteiger partial charge in [0, 0.05) is 25.9 Å². The van der Waals surface area contributed by atoms with E-state index in [2.05, 4.69) is 0 Å². The zero-order valence-electron chi connectivity index (χ0n) is 11.3. The van der Waals surface area contributed by atoms with E-state index < -0.39 is 0 Å². The summed E-state index contributed by atoms with van der Waals surface area (Å²) in [7, 11) is 1.66. The Morgan fingerprint density at radius 3 is 2.68 bits per heavy atom. The third-order valence-electron chi connectivity index (χ3n) is 2.49. The summed E-state index contributed by atoms with van der Waals surface area (Å²) in [5.41, 5.74) is 7.53. The lowest BCUT2D eigenvalue weighted by Gasteiger charge is -2.06. The molecular formula is C14H21NO3S. The van der Waals surface area contributed by atoms with Gasteiger partial charge in [-0.15, -0.1) is 0 Å². The van der Waals surface area contributed by atoms with Crippen molar-refractivity contribution in [2.75, 3.05) is 33.5 Å². The number of nitrogens with two attached hydrogens (primary N) is 1. The van der Waals surface area contributed by atoms with Gasteiger partial charge in [0.05, 0.1) is 19.8 Å². The maximum atomic E-state index is 5.58. The summed E-state index contributed by atoms with van der Waals surface area (Å²) < 4.78 is 15.8. The van der Waals surface area contributed by atoms with Gasteiger partial charge in [0.2, 0.25) is 0 Å². The second-order valence-corrected chi connectivity index (χ2v) is 4.52. The monoisotopic (exact) mass is 283 g/mol. The lowest BCUT2D eigenvalue weighted by atomic mass is 10.1. The van der Waals surface area contributed by atoms with Crippen LogP contribution in [0.1, 0.15) is 17.5 Å². The van der Waals surface area contributed by atoms with Crippen LogP contribution >= 0.6 is 12.2 Å². The van der Waals surface area contributed by atoms with Crippen LogP contribution < -0.4 is 5.73 Å². The highest BCUT2D eigenvalue weighted by Crippen LogP contribution is 2.06. The summed E-state index contributed by atoms with van der Waals surface area (Å²) in [5, 5.41) is 0. The molecule has 0 aliphatic rings. The van der Waals surface area contributed by atoms with E-state index in [1.54, 1.807) is 7.11 Å². The molecule has 1 aromatic carbocycles. The van der Waals surface area contributed by atoms with Crippen LogP contribution in [0.5, 0.6) is 0 Å². The fourth-order valence-electron chi connectivity index (χ4n) is 1.51. The molecule has 0 amide bonds. The van der Waals surface area contributed by atoms with Crippen LogP contribution in [0.3, 0.4) is 0 Å². The van der Waals surface area contributed by atoms with Crippen molar-refractivity contribution in [3.8, 4) is 0 Å². The van der Waals surface area contributed by atoms with Gasteiger partial charge in [0.1, 0.15) is 4.99 Å². The number of ether oxygens (including phenoxy) is 3. The standard InChI is InChI=1S/C14H21NO3S/c1-16-8-9-17-6-3-7-18-11-12-4-2-5-13(10-12)14(15)19/h2,4-5,10H,3,6-9,11H2,1H3,(H2,15,19). The van der Waals surface area contributed by atoms with E-state index in [-0.39, 0.29) is 0 Å². The van der Waals surface area contributed by atoms with Gasteiger partial charge in [-0.1, -0.05) is 30.4 Å². The quantitative estimate of drug-likeness (QED) is 0.525. The summed E-state index contributed by atoms with van der Waals surface area (Å²) in [6.07, 6.45) is 0.874. The van der Waals surface area contributed by atoms with Crippen molar-refractivity contribution in [2.24, 2.45) is 5.73 Å². The second kappa shape index (κ2) is 9.86. The number of rotatable bonds is 10. The smallest absolute Gasteiger partial charge is 0.103 e. The van der Waals surface area contributed by atoms with Crippen LogP contribution in [0.4, 0.5) is 0 Å². The van der Waals surface area contributed by atoms with Gasteiger partial charge in [-0.3, -0.25) is 0 Å². The fourth-order valence-corrected chi connectivity index (χ4v) is 1.64. The van der Waals surface area contributed by atoms with Crippen LogP contribution in [0, 0.1) is 0 Å². The van der Waals surface area contributed by atoms with E-state index in [4.69, 9.17) is 32.2 Å². The Balaban J connectivity index is 2.12. The van der Waals surface area contributed by atoms with E-state index in [0.29, 0.717) is 38.0 Å². The van der Waals surface area contributed by atoms with Gasteiger partial charge >= 0.3 is 0 Å². The Morgan fingerprint density at radius 1 is 1.16 bits per heavy atom. The minimum absolute atomic E-state index is 0.411. The van der Waals surface area contributed by atoms with Crippen molar-refractivity contribution in [3.05, 3.63) is 35.4 Å². The van der Waals surface area contributed by atoms with Crippen LogP contribution in [-0.2, 0) is 20.8 Å². The first kappa shape index (κ1) is 16.0. The third-order valence-corrected chi connectivity index (χ3v) is 2.73. The van der Waals surface area contributed by atoms with Crippen molar-refractivity contribution in [1.29, 1.82) is 0 Å². The number of hydrogen-bond donors (Lipinski definition) is 1. The molecule has 0 unspecified atom stereocenters. The molecule has 106 valence electrons. The Kier molecular flexibility index (Phi) is 8.33. The maximum Gasteiger partial charge on any atom is 0.103 e. The molecule has 0 atom stereocenters. The molecule has 0 bridgehead atoms. The van der Waals surface area contributed by atoms with Crippen LogP contribution in [0.15, 0.2) is 24.3 Å². The van der Waals surface area contributed by atoms with Gasteiger partial charge in [-0.05, 0) is 18.1 Å². The number of methoxy groups -OCH3 is 1. The van der Waals surface area contributed by atoms with Crippen molar-refractivity contribution in [2.45, 2.75) is 13.0 Å². The first-order valence-corrected chi connectivity index (χ1v) is 6.68. The van der Waals surface area contributed by atoms with Gasteiger partial charge in [-0.25, -0.2) is 0 Å². The largest absolute Gasteiger partial charge is 0.389 e. The van der Waals surface area contributed by atoms with Gasteiger partial charge in [0.25, 0.3) is 0 Å². The molecule has 1 aromatic rings. The molecule has 0 saturated carbocycles. The highest BCUT2D eigenvalue weighted by molar-refractivity contribution is 7.80. The molecule has 0 heterocycles. The predicted molar refractivity (Wildman–Crippen MR) is 79.3 cm³/mol. The summed E-state index contributed by atoms with van der Waals surface area (Å²) in [4.78, 5) is 0.411. The molecule has 4 nitrogen and oxygen atoms in total. The highest BCUT2D eigenvalue weighted by atomic mass is 32.1. The third kappa shape index (κ3) is 7.22. The Morgan fingerprint density at radius 2 is 1.95 bits per heavy atom. The summed E-state index contributed by atoms with van der Waals surface area (Å²) in [6, 6.07) is 7.78.